The highest BCUT2D eigenvalue weighted by Crippen LogP contribution is 2.34. The molecule has 3 rings (SSSR count). The summed E-state index contributed by atoms with van der Waals surface area (Å²) in [7, 11) is -3.80. The van der Waals surface area contributed by atoms with E-state index in [0.717, 1.165) is 48.4 Å². The number of hydrogen-bond acceptors (Lipinski definition) is 5. The van der Waals surface area contributed by atoms with Gasteiger partial charge in [-0.25, -0.2) is 8.42 Å². The van der Waals surface area contributed by atoms with Gasteiger partial charge in [-0.15, -0.1) is 13.2 Å². The lowest BCUT2D eigenvalue weighted by Crippen LogP contribution is -2.32. The molecule has 0 N–H and O–H groups in total. The number of sulfone groups is 1. The summed E-state index contributed by atoms with van der Waals surface area (Å²) in [5, 5.41) is 0. The molecule has 1 unspecified atom stereocenters. The van der Waals surface area contributed by atoms with Crippen LogP contribution in [0.3, 0.4) is 0 Å². The second kappa shape index (κ2) is 8.43. The number of alkyl halides is 6. The zero-order chi connectivity index (χ0) is 24.8. The second-order valence-corrected chi connectivity index (χ2v) is 9.39. The van der Waals surface area contributed by atoms with Crippen LogP contribution in [-0.4, -0.2) is 44.1 Å². The van der Waals surface area contributed by atoms with Crippen molar-refractivity contribution in [2.24, 2.45) is 0 Å². The van der Waals surface area contributed by atoms with Gasteiger partial charge < -0.3 is 14.4 Å². The Kier molecular flexibility index (Phi) is 6.30. The lowest BCUT2D eigenvalue weighted by atomic mass is 10.1. The molecule has 33 heavy (non-hydrogen) atoms. The summed E-state index contributed by atoms with van der Waals surface area (Å²) in [6.45, 7) is 0.505. The van der Waals surface area contributed by atoms with Gasteiger partial charge in [0.2, 0.25) is 0 Å². The topological polar surface area (TPSA) is 72.9 Å². The molecule has 2 aromatic rings. The first-order chi connectivity index (χ1) is 15.0. The van der Waals surface area contributed by atoms with Gasteiger partial charge in [0.15, 0.2) is 15.9 Å². The molecule has 0 radical (unpaired) electrons. The summed E-state index contributed by atoms with van der Waals surface area (Å²) in [6.07, 6.45) is -11.1. The Morgan fingerprint density at radius 3 is 2.21 bits per heavy atom. The minimum Gasteiger partial charge on any atom is -0.480 e. The van der Waals surface area contributed by atoms with Gasteiger partial charge in [-0.3, -0.25) is 4.79 Å². The maximum Gasteiger partial charge on any atom is 0.573 e. The van der Waals surface area contributed by atoms with Crippen LogP contribution in [0.2, 0.25) is 0 Å². The van der Waals surface area contributed by atoms with Crippen molar-refractivity contribution in [3.63, 3.8) is 0 Å². The number of carbonyl (C=O) groups excluding carboxylic acids is 1. The van der Waals surface area contributed by atoms with Gasteiger partial charge in [0.05, 0.1) is 10.5 Å². The fourth-order valence-corrected chi connectivity index (χ4v) is 3.80. The van der Waals surface area contributed by atoms with Crippen LogP contribution in [0.5, 0.6) is 11.5 Å². The number of amides is 1. The van der Waals surface area contributed by atoms with Gasteiger partial charge >= 0.3 is 12.5 Å². The molecule has 0 saturated carbocycles. The number of halogens is 6. The Morgan fingerprint density at radius 1 is 1.00 bits per heavy atom. The van der Waals surface area contributed by atoms with Crippen LogP contribution in [0.4, 0.5) is 26.3 Å². The van der Waals surface area contributed by atoms with Crippen molar-refractivity contribution in [3.8, 4) is 11.5 Å². The average Bonchev–Trinajstić information content (AvgIpc) is 3.08. The molecule has 6 nitrogen and oxygen atoms in total. The highest BCUT2D eigenvalue weighted by atomic mass is 32.2. The number of rotatable bonds is 5. The molecule has 1 heterocycles. The molecular formula is C20H17F6NO5S. The zero-order valence-corrected chi connectivity index (χ0v) is 17.9. The van der Waals surface area contributed by atoms with Gasteiger partial charge in [0, 0.05) is 19.3 Å². The summed E-state index contributed by atoms with van der Waals surface area (Å²) < 4.78 is 109. The Labute approximate surface area is 184 Å². The van der Waals surface area contributed by atoms with E-state index in [9.17, 15) is 39.6 Å². The third-order valence-corrected chi connectivity index (χ3v) is 5.91. The summed E-state index contributed by atoms with van der Waals surface area (Å²) in [4.78, 5) is 14.0. The molecule has 1 atom stereocenters. The van der Waals surface area contributed by atoms with Gasteiger partial charge in [0.25, 0.3) is 5.91 Å². The molecule has 0 aromatic heterocycles. The van der Waals surface area contributed by atoms with Gasteiger partial charge in [-0.2, -0.15) is 13.2 Å². The van der Waals surface area contributed by atoms with Crippen molar-refractivity contribution in [1.29, 1.82) is 0 Å². The quantitative estimate of drug-likeness (QED) is 0.570. The molecule has 0 fully saturated rings. The predicted octanol–water partition coefficient (Wildman–Crippen LogP) is 4.47. The van der Waals surface area contributed by atoms with Gasteiger partial charge in [-0.05, 0) is 48.4 Å². The van der Waals surface area contributed by atoms with Crippen LogP contribution in [0, 0.1) is 0 Å². The van der Waals surface area contributed by atoms with Crippen LogP contribution >= 0.6 is 0 Å². The highest BCUT2D eigenvalue weighted by Gasteiger charge is 2.39. The maximum absolute atomic E-state index is 13.1. The van der Waals surface area contributed by atoms with E-state index in [1.807, 2.05) is 0 Å². The minimum absolute atomic E-state index is 0.0577. The Hall–Kier alpha value is -2.96. The number of benzene rings is 2. The summed E-state index contributed by atoms with van der Waals surface area (Å²) >= 11 is 0. The van der Waals surface area contributed by atoms with Crippen molar-refractivity contribution in [2.75, 3.05) is 6.26 Å². The molecule has 180 valence electrons. The highest BCUT2D eigenvalue weighted by molar-refractivity contribution is 7.90. The molecule has 0 bridgehead atoms. The number of nitrogens with zero attached hydrogens (tertiary/aromatic N) is 1. The Balaban J connectivity index is 1.93. The molecule has 0 saturated heterocycles. The average molecular weight is 497 g/mol. The predicted molar refractivity (Wildman–Crippen MR) is 102 cm³/mol. The zero-order valence-electron chi connectivity index (χ0n) is 17.1. The fraction of sp³-hybridized carbons (Fsp3) is 0.350. The van der Waals surface area contributed by atoms with E-state index in [1.165, 1.54) is 6.07 Å². The van der Waals surface area contributed by atoms with E-state index in [-0.39, 0.29) is 18.0 Å². The summed E-state index contributed by atoms with van der Waals surface area (Å²) in [5.41, 5.74) is 0.423. The van der Waals surface area contributed by atoms with E-state index in [1.54, 1.807) is 0 Å². The number of carbonyl (C=O) groups is 1. The van der Waals surface area contributed by atoms with Gasteiger partial charge in [0.1, 0.15) is 11.5 Å². The van der Waals surface area contributed by atoms with Crippen LogP contribution < -0.4 is 9.47 Å². The third kappa shape index (κ3) is 5.89. The Morgan fingerprint density at radius 2 is 1.64 bits per heavy atom. The number of ether oxygens (including phenoxy) is 2. The largest absolute Gasteiger partial charge is 0.573 e. The number of hydrogen-bond donors (Lipinski definition) is 0. The Bertz CT molecular complexity index is 1180. The van der Waals surface area contributed by atoms with Crippen molar-refractivity contribution in [1.82, 2.24) is 4.90 Å². The molecule has 2 aromatic carbocycles. The third-order valence-electron chi connectivity index (χ3n) is 4.80. The van der Waals surface area contributed by atoms with Crippen LogP contribution in [0.25, 0.3) is 0 Å². The minimum atomic E-state index is -4.91. The molecule has 1 aliphatic rings. The lowest BCUT2D eigenvalue weighted by molar-refractivity contribution is -0.274. The van der Waals surface area contributed by atoms with Crippen molar-refractivity contribution >= 4 is 15.7 Å². The molecule has 0 aliphatic carbocycles. The van der Waals surface area contributed by atoms with Crippen LogP contribution in [0.15, 0.2) is 41.3 Å². The summed E-state index contributed by atoms with van der Waals surface area (Å²) in [6, 6.07) is 6.40. The van der Waals surface area contributed by atoms with Crippen LogP contribution in [0.1, 0.15) is 28.4 Å². The standard InChI is InChI=1S/C20H17F6NO5S/c1-11(19(21,22)23)31-17-6-5-15(33(2,29)30)8-16(17)18(28)27-9-12-3-4-14(7-13(12)10-27)32-20(24,25)26/h3-8,11H,9-10H2,1-2H3. The van der Waals surface area contributed by atoms with Crippen molar-refractivity contribution in [2.45, 2.75) is 43.6 Å². The summed E-state index contributed by atoms with van der Waals surface area (Å²) in [5.74, 6) is -1.81. The molecule has 13 heteroatoms. The van der Waals surface area contributed by atoms with E-state index < -0.39 is 51.4 Å². The SMILES string of the molecule is CC(Oc1ccc(S(C)(=O)=O)cc1C(=O)N1Cc2ccc(OC(F)(F)F)cc2C1)C(F)(F)F. The normalized spacial score (nSPS) is 15.2. The van der Waals surface area contributed by atoms with Crippen molar-refractivity contribution < 1.29 is 49.0 Å². The van der Waals surface area contributed by atoms with E-state index in [2.05, 4.69) is 4.74 Å². The molecule has 0 spiro atoms. The van der Waals surface area contributed by atoms with E-state index in [4.69, 9.17) is 4.74 Å². The smallest absolute Gasteiger partial charge is 0.480 e. The van der Waals surface area contributed by atoms with Gasteiger partial charge in [-0.1, -0.05) is 6.07 Å². The lowest BCUT2D eigenvalue weighted by Gasteiger charge is -2.22. The second-order valence-electron chi connectivity index (χ2n) is 7.37. The molecule has 1 aliphatic heterocycles. The van der Waals surface area contributed by atoms with Crippen molar-refractivity contribution in [3.05, 3.63) is 53.1 Å². The fourth-order valence-electron chi connectivity index (χ4n) is 3.15. The first-order valence-corrected chi connectivity index (χ1v) is 11.2. The van der Waals surface area contributed by atoms with E-state index >= 15 is 0 Å². The first-order valence-electron chi connectivity index (χ1n) is 9.29. The maximum atomic E-state index is 13.1. The molecule has 1 amide bonds. The first kappa shape index (κ1) is 24.7. The van der Waals surface area contributed by atoms with E-state index in [0.29, 0.717) is 11.1 Å². The number of fused-ring (bicyclic) bond motifs is 1. The van der Waals surface area contributed by atoms with Crippen LogP contribution in [-0.2, 0) is 22.9 Å². The monoisotopic (exact) mass is 497 g/mol. The molecular weight excluding hydrogens is 480 g/mol.